The Morgan fingerprint density at radius 1 is 1.10 bits per heavy atom. The Morgan fingerprint density at radius 2 is 1.80 bits per heavy atom. The second-order valence-electron chi connectivity index (χ2n) is 5.26. The minimum Gasteiger partial charge on any atom is -0.377 e. The smallest absolute Gasteiger partial charge is 0.128 e. The minimum atomic E-state index is 0.271. The molecule has 0 bridgehead atoms. The van der Waals surface area contributed by atoms with Crippen molar-refractivity contribution in [2.24, 2.45) is 0 Å². The van der Waals surface area contributed by atoms with Gasteiger partial charge in [0.1, 0.15) is 5.82 Å². The van der Waals surface area contributed by atoms with E-state index in [0.717, 1.165) is 17.9 Å². The fraction of sp³-hybridized carbons (Fsp3) is 0.353. The van der Waals surface area contributed by atoms with Gasteiger partial charge in [0.05, 0.1) is 11.9 Å². The lowest BCUT2D eigenvalue weighted by Gasteiger charge is -2.17. The number of aryl methyl sites for hydroxylation is 1. The normalized spacial score (nSPS) is 12.0. The number of hydrogen-bond acceptors (Lipinski definition) is 3. The number of benzene rings is 1. The number of hydrogen-bond donors (Lipinski definition) is 1. The molecule has 0 aliphatic rings. The van der Waals surface area contributed by atoms with Crippen LogP contribution < -0.4 is 10.2 Å². The summed E-state index contributed by atoms with van der Waals surface area (Å²) in [7, 11) is 3.99. The largest absolute Gasteiger partial charge is 0.377 e. The Kier molecular flexibility index (Phi) is 4.61. The van der Waals surface area contributed by atoms with E-state index in [1.807, 2.05) is 31.3 Å². The number of nitrogens with zero attached hydrogens (tertiary/aromatic N) is 2. The highest BCUT2D eigenvalue weighted by molar-refractivity contribution is 5.49. The molecule has 106 valence electrons. The first kappa shape index (κ1) is 14.4. The van der Waals surface area contributed by atoms with Crippen LogP contribution in [0.2, 0.25) is 0 Å². The lowest BCUT2D eigenvalue weighted by atomic mass is 10.0. The van der Waals surface area contributed by atoms with E-state index in [1.54, 1.807) is 0 Å². The lowest BCUT2D eigenvalue weighted by Crippen LogP contribution is -2.11. The summed E-state index contributed by atoms with van der Waals surface area (Å²) in [5, 5.41) is 3.48. The number of nitrogens with one attached hydrogen (secondary N) is 1. The van der Waals surface area contributed by atoms with E-state index in [2.05, 4.69) is 54.5 Å². The fourth-order valence-electron chi connectivity index (χ4n) is 2.11. The molecule has 1 aromatic carbocycles. The second-order valence-corrected chi connectivity index (χ2v) is 5.26. The quantitative estimate of drug-likeness (QED) is 0.892. The summed E-state index contributed by atoms with van der Waals surface area (Å²) in [6.07, 6.45) is 2.96. The molecule has 2 aromatic rings. The Bertz CT molecular complexity index is 529. The molecule has 1 N–H and O–H groups in total. The van der Waals surface area contributed by atoms with E-state index in [9.17, 15) is 0 Å². The lowest BCUT2D eigenvalue weighted by molar-refractivity contribution is 0.880. The van der Waals surface area contributed by atoms with Crippen molar-refractivity contribution in [2.75, 3.05) is 24.3 Å². The molecule has 0 fully saturated rings. The summed E-state index contributed by atoms with van der Waals surface area (Å²) in [6.45, 7) is 4.34. The average molecular weight is 269 g/mol. The third kappa shape index (κ3) is 3.50. The summed E-state index contributed by atoms with van der Waals surface area (Å²) in [4.78, 5) is 6.41. The van der Waals surface area contributed by atoms with Crippen molar-refractivity contribution in [1.29, 1.82) is 0 Å². The first-order chi connectivity index (χ1) is 9.60. The standard InChI is InChI=1S/C17H23N3/c1-5-14-6-8-15(9-7-14)13(2)19-16-10-11-17(18-12-16)20(3)4/h6-13,19H,5H2,1-4H3. The first-order valence-electron chi connectivity index (χ1n) is 7.09. The van der Waals surface area contributed by atoms with Crippen molar-refractivity contribution in [3.05, 3.63) is 53.7 Å². The molecular formula is C17H23N3. The Labute approximate surface area is 121 Å². The summed E-state index contributed by atoms with van der Waals surface area (Å²) < 4.78 is 0. The molecule has 0 saturated heterocycles. The molecule has 0 saturated carbocycles. The van der Waals surface area contributed by atoms with E-state index in [-0.39, 0.29) is 6.04 Å². The molecule has 1 unspecified atom stereocenters. The van der Waals surface area contributed by atoms with E-state index in [0.29, 0.717) is 0 Å². The zero-order chi connectivity index (χ0) is 14.5. The van der Waals surface area contributed by atoms with Crippen LogP contribution in [0.1, 0.15) is 31.0 Å². The highest BCUT2D eigenvalue weighted by Gasteiger charge is 2.06. The van der Waals surface area contributed by atoms with Gasteiger partial charge in [0.2, 0.25) is 0 Å². The molecule has 0 spiro atoms. The van der Waals surface area contributed by atoms with Crippen LogP contribution in [0, 0.1) is 0 Å². The van der Waals surface area contributed by atoms with Gasteiger partial charge in [-0.2, -0.15) is 0 Å². The van der Waals surface area contributed by atoms with Crippen LogP contribution in [0.4, 0.5) is 11.5 Å². The maximum absolute atomic E-state index is 4.42. The van der Waals surface area contributed by atoms with E-state index < -0.39 is 0 Å². The van der Waals surface area contributed by atoms with Gasteiger partial charge in [0.15, 0.2) is 0 Å². The third-order valence-corrected chi connectivity index (χ3v) is 3.48. The predicted molar refractivity (Wildman–Crippen MR) is 86.4 cm³/mol. The van der Waals surface area contributed by atoms with Crippen molar-refractivity contribution in [2.45, 2.75) is 26.3 Å². The molecule has 1 atom stereocenters. The molecule has 0 radical (unpaired) electrons. The summed E-state index contributed by atoms with van der Waals surface area (Å²) in [5.41, 5.74) is 3.71. The molecule has 2 rings (SSSR count). The number of pyridine rings is 1. The van der Waals surface area contributed by atoms with Crippen LogP contribution in [0.15, 0.2) is 42.6 Å². The van der Waals surface area contributed by atoms with Gasteiger partial charge in [0.25, 0.3) is 0 Å². The molecule has 1 aromatic heterocycles. The highest BCUT2D eigenvalue weighted by Crippen LogP contribution is 2.20. The second kappa shape index (κ2) is 6.42. The van der Waals surface area contributed by atoms with Gasteiger partial charge in [-0.15, -0.1) is 0 Å². The van der Waals surface area contributed by atoms with Crippen molar-refractivity contribution in [3.63, 3.8) is 0 Å². The van der Waals surface area contributed by atoms with Gasteiger partial charge in [-0.05, 0) is 36.6 Å². The number of rotatable bonds is 5. The van der Waals surface area contributed by atoms with Crippen LogP contribution in [0.25, 0.3) is 0 Å². The predicted octanol–water partition coefficient (Wildman–Crippen LogP) is 3.88. The highest BCUT2D eigenvalue weighted by atomic mass is 15.1. The summed E-state index contributed by atoms with van der Waals surface area (Å²) >= 11 is 0. The van der Waals surface area contributed by atoms with Gasteiger partial charge in [-0.3, -0.25) is 0 Å². The van der Waals surface area contributed by atoms with Gasteiger partial charge >= 0.3 is 0 Å². The van der Waals surface area contributed by atoms with E-state index in [4.69, 9.17) is 0 Å². The SMILES string of the molecule is CCc1ccc(C(C)Nc2ccc(N(C)C)nc2)cc1. The maximum Gasteiger partial charge on any atom is 0.128 e. The molecule has 1 heterocycles. The third-order valence-electron chi connectivity index (χ3n) is 3.48. The molecule has 0 aliphatic carbocycles. The Morgan fingerprint density at radius 3 is 2.30 bits per heavy atom. The number of aromatic nitrogens is 1. The molecule has 0 aliphatic heterocycles. The first-order valence-corrected chi connectivity index (χ1v) is 7.09. The van der Waals surface area contributed by atoms with Crippen molar-refractivity contribution < 1.29 is 0 Å². The molecule has 20 heavy (non-hydrogen) atoms. The number of anilines is 2. The summed E-state index contributed by atoms with van der Waals surface area (Å²) in [5.74, 6) is 0.968. The van der Waals surface area contributed by atoms with Crippen molar-refractivity contribution in [3.8, 4) is 0 Å². The zero-order valence-corrected chi connectivity index (χ0v) is 12.7. The van der Waals surface area contributed by atoms with Crippen molar-refractivity contribution >= 4 is 11.5 Å². The van der Waals surface area contributed by atoms with Gasteiger partial charge < -0.3 is 10.2 Å². The van der Waals surface area contributed by atoms with Gasteiger partial charge in [-0.25, -0.2) is 4.98 Å². The van der Waals surface area contributed by atoms with Crippen LogP contribution in [0.3, 0.4) is 0 Å². The Hall–Kier alpha value is -2.03. The van der Waals surface area contributed by atoms with Crippen LogP contribution >= 0.6 is 0 Å². The minimum absolute atomic E-state index is 0.271. The molecule has 3 nitrogen and oxygen atoms in total. The van der Waals surface area contributed by atoms with Crippen molar-refractivity contribution in [1.82, 2.24) is 4.98 Å². The topological polar surface area (TPSA) is 28.2 Å². The van der Waals surface area contributed by atoms with Crippen LogP contribution in [0.5, 0.6) is 0 Å². The van der Waals surface area contributed by atoms with Gasteiger partial charge in [-0.1, -0.05) is 31.2 Å². The van der Waals surface area contributed by atoms with Crippen LogP contribution in [-0.4, -0.2) is 19.1 Å². The fourth-order valence-corrected chi connectivity index (χ4v) is 2.11. The summed E-state index contributed by atoms with van der Waals surface area (Å²) in [6, 6.07) is 13.1. The maximum atomic E-state index is 4.42. The monoisotopic (exact) mass is 269 g/mol. The van der Waals surface area contributed by atoms with Gasteiger partial charge in [0, 0.05) is 20.1 Å². The van der Waals surface area contributed by atoms with E-state index in [1.165, 1.54) is 11.1 Å². The van der Waals surface area contributed by atoms with Crippen LogP contribution in [-0.2, 0) is 6.42 Å². The Balaban J connectivity index is 2.04. The van der Waals surface area contributed by atoms with E-state index >= 15 is 0 Å². The molecule has 3 heteroatoms. The average Bonchev–Trinajstić information content (AvgIpc) is 2.48. The zero-order valence-electron chi connectivity index (χ0n) is 12.7. The molecule has 0 amide bonds. The molecular weight excluding hydrogens is 246 g/mol.